The highest BCUT2D eigenvalue weighted by molar-refractivity contribution is 5.94. The molecule has 1 aliphatic heterocycles. The largest absolute Gasteiger partial charge is 0.493 e. The van der Waals surface area contributed by atoms with Crippen LogP contribution in [0.25, 0.3) is 0 Å². The first-order valence-corrected chi connectivity index (χ1v) is 7.90. The number of hydrogen-bond acceptors (Lipinski definition) is 4. The van der Waals surface area contributed by atoms with Crippen LogP contribution < -0.4 is 19.5 Å². The highest BCUT2D eigenvalue weighted by Gasteiger charge is 2.26. The van der Waals surface area contributed by atoms with Gasteiger partial charge in [0, 0.05) is 11.8 Å². The van der Waals surface area contributed by atoms with Crippen LogP contribution in [0.5, 0.6) is 17.2 Å². The van der Waals surface area contributed by atoms with Gasteiger partial charge in [0.15, 0.2) is 17.6 Å². The molecule has 0 bridgehead atoms. The van der Waals surface area contributed by atoms with E-state index >= 15 is 0 Å². The van der Waals surface area contributed by atoms with E-state index in [9.17, 15) is 4.79 Å². The van der Waals surface area contributed by atoms with Gasteiger partial charge in [0.2, 0.25) is 0 Å². The molecular formula is C19H21NO4. The fourth-order valence-corrected chi connectivity index (χ4v) is 2.80. The quantitative estimate of drug-likeness (QED) is 0.936. The molecule has 1 aliphatic rings. The Bertz CT molecular complexity index is 757. The minimum Gasteiger partial charge on any atom is -0.493 e. The van der Waals surface area contributed by atoms with Crippen molar-refractivity contribution in [1.82, 2.24) is 0 Å². The molecule has 1 atom stereocenters. The average Bonchev–Trinajstić information content (AvgIpc) is 2.60. The summed E-state index contributed by atoms with van der Waals surface area (Å²) in [6, 6.07) is 11.4. The molecule has 0 spiro atoms. The summed E-state index contributed by atoms with van der Waals surface area (Å²) in [4.78, 5) is 12.5. The van der Waals surface area contributed by atoms with Gasteiger partial charge < -0.3 is 19.5 Å². The number of hydrogen-bond donors (Lipinski definition) is 1. The van der Waals surface area contributed by atoms with Crippen molar-refractivity contribution < 1.29 is 19.0 Å². The summed E-state index contributed by atoms with van der Waals surface area (Å²) in [7, 11) is 3.14. The number of rotatable bonds is 4. The summed E-state index contributed by atoms with van der Waals surface area (Å²) in [6.07, 6.45) is 1.00. The first-order valence-electron chi connectivity index (χ1n) is 7.90. The van der Waals surface area contributed by atoms with Gasteiger partial charge >= 0.3 is 0 Å². The summed E-state index contributed by atoms with van der Waals surface area (Å²) in [5.74, 6) is 1.83. The van der Waals surface area contributed by atoms with E-state index in [4.69, 9.17) is 14.2 Å². The summed E-state index contributed by atoms with van der Waals surface area (Å²) < 4.78 is 16.3. The van der Waals surface area contributed by atoms with Crippen molar-refractivity contribution in [3.63, 3.8) is 0 Å². The van der Waals surface area contributed by atoms with Gasteiger partial charge in [0.1, 0.15) is 5.75 Å². The second-order valence-electron chi connectivity index (χ2n) is 5.82. The number of methoxy groups -OCH3 is 2. The first-order chi connectivity index (χ1) is 11.6. The van der Waals surface area contributed by atoms with Crippen LogP contribution >= 0.6 is 0 Å². The minimum atomic E-state index is -0.493. The third-order valence-corrected chi connectivity index (χ3v) is 4.11. The number of aryl methyl sites for hydroxylation is 2. The summed E-state index contributed by atoms with van der Waals surface area (Å²) in [6.45, 7) is 2.01. The van der Waals surface area contributed by atoms with Crippen molar-refractivity contribution in [3.8, 4) is 17.2 Å². The molecule has 1 unspecified atom stereocenters. The van der Waals surface area contributed by atoms with Crippen molar-refractivity contribution in [3.05, 3.63) is 47.5 Å². The van der Waals surface area contributed by atoms with Gasteiger partial charge in [-0.25, -0.2) is 0 Å². The normalized spacial score (nSPS) is 15.9. The van der Waals surface area contributed by atoms with Crippen LogP contribution in [0.3, 0.4) is 0 Å². The maximum atomic E-state index is 12.5. The van der Waals surface area contributed by atoms with Crippen molar-refractivity contribution in [2.24, 2.45) is 0 Å². The van der Waals surface area contributed by atoms with Gasteiger partial charge in [0.05, 0.1) is 14.2 Å². The SMILES string of the molecule is COc1ccc(NC(=O)C2CCc3ccc(C)cc3O2)cc1OC. The molecule has 1 N–H and O–H groups in total. The van der Waals surface area contributed by atoms with Crippen LogP contribution in [0, 0.1) is 6.92 Å². The molecule has 5 heteroatoms. The van der Waals surface area contributed by atoms with Gasteiger partial charge in [-0.2, -0.15) is 0 Å². The average molecular weight is 327 g/mol. The predicted octanol–water partition coefficient (Wildman–Crippen LogP) is 3.34. The van der Waals surface area contributed by atoms with E-state index in [-0.39, 0.29) is 5.91 Å². The molecule has 1 amide bonds. The zero-order valence-electron chi connectivity index (χ0n) is 14.1. The number of benzene rings is 2. The molecule has 0 saturated carbocycles. The number of carbonyl (C=O) groups excluding carboxylic acids is 1. The molecule has 0 aliphatic carbocycles. The van der Waals surface area contributed by atoms with Crippen LogP contribution in [-0.4, -0.2) is 26.2 Å². The predicted molar refractivity (Wildman–Crippen MR) is 92.1 cm³/mol. The molecule has 2 aromatic rings. The zero-order valence-corrected chi connectivity index (χ0v) is 14.1. The molecular weight excluding hydrogens is 306 g/mol. The molecule has 24 heavy (non-hydrogen) atoms. The van der Waals surface area contributed by atoms with Crippen LogP contribution in [0.2, 0.25) is 0 Å². The van der Waals surface area contributed by atoms with E-state index in [0.29, 0.717) is 23.6 Å². The van der Waals surface area contributed by atoms with Crippen molar-refractivity contribution in [2.75, 3.05) is 19.5 Å². The van der Waals surface area contributed by atoms with Crippen LogP contribution in [-0.2, 0) is 11.2 Å². The Morgan fingerprint density at radius 2 is 1.92 bits per heavy atom. The van der Waals surface area contributed by atoms with Crippen LogP contribution in [0.15, 0.2) is 36.4 Å². The van der Waals surface area contributed by atoms with Crippen molar-refractivity contribution in [1.29, 1.82) is 0 Å². The summed E-state index contributed by atoms with van der Waals surface area (Å²) in [5, 5.41) is 2.88. The molecule has 1 heterocycles. The third-order valence-electron chi connectivity index (χ3n) is 4.11. The maximum Gasteiger partial charge on any atom is 0.265 e. The Morgan fingerprint density at radius 3 is 2.67 bits per heavy atom. The second-order valence-corrected chi connectivity index (χ2v) is 5.82. The maximum absolute atomic E-state index is 12.5. The Labute approximate surface area is 141 Å². The van der Waals surface area contributed by atoms with Crippen molar-refractivity contribution in [2.45, 2.75) is 25.9 Å². The Kier molecular flexibility index (Phi) is 4.60. The Morgan fingerprint density at radius 1 is 1.12 bits per heavy atom. The molecule has 0 radical (unpaired) electrons. The van der Waals surface area contributed by atoms with Gasteiger partial charge in [0.25, 0.3) is 5.91 Å². The number of fused-ring (bicyclic) bond motifs is 1. The van der Waals surface area contributed by atoms with E-state index < -0.39 is 6.10 Å². The fourth-order valence-electron chi connectivity index (χ4n) is 2.80. The Hall–Kier alpha value is -2.69. The highest BCUT2D eigenvalue weighted by Crippen LogP contribution is 2.31. The standard InChI is InChI=1S/C19H21NO4/c1-12-4-5-13-6-8-16(24-17(13)10-12)19(21)20-14-7-9-15(22-2)18(11-14)23-3/h4-5,7,9-11,16H,6,8H2,1-3H3,(H,20,21). The lowest BCUT2D eigenvalue weighted by Crippen LogP contribution is -2.35. The first kappa shape index (κ1) is 16.2. The minimum absolute atomic E-state index is 0.158. The number of anilines is 1. The van der Waals surface area contributed by atoms with Crippen LogP contribution in [0.4, 0.5) is 5.69 Å². The summed E-state index contributed by atoms with van der Waals surface area (Å²) in [5.41, 5.74) is 2.92. The van der Waals surface area contributed by atoms with Gasteiger partial charge in [-0.15, -0.1) is 0 Å². The lowest BCUT2D eigenvalue weighted by molar-refractivity contribution is -0.123. The molecule has 126 valence electrons. The van der Waals surface area contributed by atoms with Gasteiger partial charge in [-0.05, 0) is 49.1 Å². The monoisotopic (exact) mass is 327 g/mol. The lowest BCUT2D eigenvalue weighted by Gasteiger charge is -2.25. The number of amides is 1. The number of nitrogens with one attached hydrogen (secondary N) is 1. The molecule has 0 saturated heterocycles. The molecule has 5 nitrogen and oxygen atoms in total. The second kappa shape index (κ2) is 6.83. The molecule has 0 aromatic heterocycles. The fraction of sp³-hybridized carbons (Fsp3) is 0.316. The smallest absolute Gasteiger partial charge is 0.265 e. The van der Waals surface area contributed by atoms with E-state index in [1.807, 2.05) is 13.0 Å². The molecule has 3 rings (SSSR count). The molecule has 2 aromatic carbocycles. The lowest BCUT2D eigenvalue weighted by atomic mass is 10.0. The summed E-state index contributed by atoms with van der Waals surface area (Å²) >= 11 is 0. The highest BCUT2D eigenvalue weighted by atomic mass is 16.5. The van der Waals surface area contributed by atoms with Gasteiger partial charge in [-0.3, -0.25) is 4.79 Å². The molecule has 0 fully saturated rings. The van der Waals surface area contributed by atoms with Crippen LogP contribution in [0.1, 0.15) is 17.5 Å². The zero-order chi connectivity index (χ0) is 17.1. The van der Waals surface area contributed by atoms with Crippen molar-refractivity contribution >= 4 is 11.6 Å². The Balaban J connectivity index is 1.72. The van der Waals surface area contributed by atoms with Gasteiger partial charge in [-0.1, -0.05) is 12.1 Å². The van der Waals surface area contributed by atoms with E-state index in [0.717, 1.165) is 23.3 Å². The van der Waals surface area contributed by atoms with E-state index in [1.54, 1.807) is 32.4 Å². The number of carbonyl (C=O) groups is 1. The van der Waals surface area contributed by atoms with E-state index in [1.165, 1.54) is 0 Å². The third kappa shape index (κ3) is 3.30. The van der Waals surface area contributed by atoms with E-state index in [2.05, 4.69) is 17.4 Å². The topological polar surface area (TPSA) is 56.8 Å². The number of ether oxygens (including phenoxy) is 3.